The van der Waals surface area contributed by atoms with Crippen LogP contribution in [-0.2, 0) is 21.3 Å². The quantitative estimate of drug-likeness (QED) is 0.327. The highest BCUT2D eigenvalue weighted by Crippen LogP contribution is 2.41. The van der Waals surface area contributed by atoms with Crippen LogP contribution in [0.15, 0.2) is 47.3 Å². The van der Waals surface area contributed by atoms with E-state index < -0.39 is 6.09 Å². The highest BCUT2D eigenvalue weighted by atomic mass is 16.6. The fourth-order valence-electron chi connectivity index (χ4n) is 4.12. The first-order valence-electron chi connectivity index (χ1n) is 11.1. The number of fused-ring (bicyclic) bond motifs is 2. The number of ketones is 1. The number of ether oxygens (including phenoxy) is 3. The fourth-order valence-corrected chi connectivity index (χ4v) is 4.12. The summed E-state index contributed by atoms with van der Waals surface area (Å²) in [5.41, 5.74) is 8.99. The number of rotatable bonds is 11. The van der Waals surface area contributed by atoms with Crippen LogP contribution in [0.4, 0.5) is 10.5 Å². The van der Waals surface area contributed by atoms with Gasteiger partial charge in [-0.2, -0.15) is 0 Å². The lowest BCUT2D eigenvalue weighted by atomic mass is 9.83. The summed E-state index contributed by atoms with van der Waals surface area (Å²) in [5, 5.41) is 4.16. The normalized spacial score (nSPS) is 12.0. The number of primary amides is 1. The molecule has 0 saturated carbocycles. The summed E-state index contributed by atoms with van der Waals surface area (Å²) < 4.78 is 17.0. The number of amides is 1. The van der Waals surface area contributed by atoms with Gasteiger partial charge in [-0.05, 0) is 29.7 Å². The third-order valence-electron chi connectivity index (χ3n) is 5.73. The van der Waals surface area contributed by atoms with E-state index in [4.69, 9.17) is 15.2 Å². The van der Waals surface area contributed by atoms with Gasteiger partial charge >= 0.3 is 6.09 Å². The van der Waals surface area contributed by atoms with E-state index in [1.165, 1.54) is 0 Å². The Bertz CT molecular complexity index is 1280. The standard InChI is InChI=1S/C25H27N3O6/c1-28-20-8-7-19(27-9-4-10-32-11-12-33-13-14-34-25(26)31)23-22(20)18(15-21(28)29)16-5-2-3-6-17(16)24(23)30/h2-3,5-8,15,27H,4,9-14H2,1H3,(H2,26,31). The molecule has 3 aromatic rings. The predicted molar refractivity (Wildman–Crippen MR) is 128 cm³/mol. The number of carbonyl (C=O) groups is 2. The second-order valence-corrected chi connectivity index (χ2v) is 7.88. The Labute approximate surface area is 196 Å². The van der Waals surface area contributed by atoms with Crippen molar-refractivity contribution in [3.63, 3.8) is 0 Å². The molecule has 0 atom stereocenters. The predicted octanol–water partition coefficient (Wildman–Crippen LogP) is 2.68. The molecule has 0 spiro atoms. The van der Waals surface area contributed by atoms with Crippen molar-refractivity contribution < 1.29 is 23.8 Å². The topological polar surface area (TPSA) is 122 Å². The minimum atomic E-state index is -0.820. The summed E-state index contributed by atoms with van der Waals surface area (Å²) >= 11 is 0. The molecule has 1 heterocycles. The Hall–Kier alpha value is -3.69. The van der Waals surface area contributed by atoms with E-state index >= 15 is 0 Å². The van der Waals surface area contributed by atoms with Crippen LogP contribution in [0, 0.1) is 0 Å². The molecule has 1 amide bonds. The van der Waals surface area contributed by atoms with Crippen molar-refractivity contribution in [2.45, 2.75) is 6.42 Å². The Morgan fingerprint density at radius 1 is 0.941 bits per heavy atom. The van der Waals surface area contributed by atoms with E-state index in [2.05, 4.69) is 10.1 Å². The van der Waals surface area contributed by atoms with Crippen LogP contribution in [0.25, 0.3) is 22.0 Å². The highest BCUT2D eigenvalue weighted by Gasteiger charge is 2.28. The van der Waals surface area contributed by atoms with Gasteiger partial charge in [0.25, 0.3) is 5.56 Å². The zero-order valence-corrected chi connectivity index (χ0v) is 19.0. The molecule has 0 fully saturated rings. The summed E-state index contributed by atoms with van der Waals surface area (Å²) in [4.78, 5) is 36.4. The molecule has 1 aliphatic carbocycles. The van der Waals surface area contributed by atoms with Crippen molar-refractivity contribution in [3.05, 3.63) is 63.9 Å². The number of hydrogen-bond acceptors (Lipinski definition) is 7. The molecule has 0 bridgehead atoms. The zero-order chi connectivity index (χ0) is 24.1. The van der Waals surface area contributed by atoms with Gasteiger partial charge in [0, 0.05) is 42.9 Å². The fraction of sp³-hybridized carbons (Fsp3) is 0.320. The number of nitrogens with one attached hydrogen (secondary N) is 1. The van der Waals surface area contributed by atoms with Crippen molar-refractivity contribution in [2.24, 2.45) is 12.8 Å². The lowest BCUT2D eigenvalue weighted by Gasteiger charge is -2.23. The van der Waals surface area contributed by atoms with Gasteiger partial charge in [-0.25, -0.2) is 4.79 Å². The summed E-state index contributed by atoms with van der Waals surface area (Å²) in [6.07, 6.45) is -0.0910. The van der Waals surface area contributed by atoms with Crippen LogP contribution in [0.1, 0.15) is 22.3 Å². The molecule has 1 aromatic heterocycles. The number of carbonyl (C=O) groups excluding carboxylic acids is 2. The molecule has 4 rings (SSSR count). The number of hydrogen-bond donors (Lipinski definition) is 2. The minimum absolute atomic E-state index is 0.0523. The van der Waals surface area contributed by atoms with Gasteiger partial charge < -0.3 is 29.8 Å². The molecule has 0 aliphatic heterocycles. The van der Waals surface area contributed by atoms with Gasteiger partial charge in [0.2, 0.25) is 0 Å². The average Bonchev–Trinajstić information content (AvgIpc) is 2.83. The van der Waals surface area contributed by atoms with E-state index in [9.17, 15) is 14.4 Å². The minimum Gasteiger partial charge on any atom is -0.447 e. The lowest BCUT2D eigenvalue weighted by Crippen LogP contribution is -2.21. The first-order chi connectivity index (χ1) is 16.5. The molecule has 0 radical (unpaired) electrons. The second-order valence-electron chi connectivity index (χ2n) is 7.88. The van der Waals surface area contributed by atoms with Crippen LogP contribution in [-0.4, -0.2) is 56.0 Å². The van der Waals surface area contributed by atoms with Crippen LogP contribution in [0.3, 0.4) is 0 Å². The molecule has 0 unspecified atom stereocenters. The van der Waals surface area contributed by atoms with E-state index in [1.54, 1.807) is 23.7 Å². The van der Waals surface area contributed by atoms with Crippen molar-refractivity contribution in [1.82, 2.24) is 4.57 Å². The van der Waals surface area contributed by atoms with Gasteiger partial charge in [-0.1, -0.05) is 24.3 Å². The second kappa shape index (κ2) is 10.5. The number of anilines is 1. The summed E-state index contributed by atoms with van der Waals surface area (Å²) in [6, 6.07) is 12.7. The molecule has 2 aromatic carbocycles. The number of pyridine rings is 1. The van der Waals surface area contributed by atoms with E-state index in [1.807, 2.05) is 30.3 Å². The lowest BCUT2D eigenvalue weighted by molar-refractivity contribution is 0.0293. The monoisotopic (exact) mass is 465 g/mol. The Kier molecular flexibility index (Phi) is 7.24. The molecular weight excluding hydrogens is 438 g/mol. The Morgan fingerprint density at radius 2 is 1.65 bits per heavy atom. The maximum atomic E-state index is 13.4. The summed E-state index contributed by atoms with van der Waals surface area (Å²) in [5.74, 6) is -0.0523. The molecule has 178 valence electrons. The molecular formula is C25H27N3O6. The van der Waals surface area contributed by atoms with Gasteiger partial charge in [-0.3, -0.25) is 9.59 Å². The third kappa shape index (κ3) is 4.80. The molecule has 3 N–H and O–H groups in total. The molecule has 0 saturated heterocycles. The highest BCUT2D eigenvalue weighted by molar-refractivity contribution is 6.28. The molecule has 34 heavy (non-hydrogen) atoms. The van der Waals surface area contributed by atoms with E-state index in [-0.39, 0.29) is 24.6 Å². The van der Waals surface area contributed by atoms with Crippen LogP contribution in [0.5, 0.6) is 0 Å². The van der Waals surface area contributed by atoms with Crippen LogP contribution < -0.4 is 16.6 Å². The zero-order valence-electron chi connectivity index (χ0n) is 19.0. The van der Waals surface area contributed by atoms with Crippen molar-refractivity contribution >= 4 is 28.5 Å². The number of aryl methyl sites for hydroxylation is 1. The van der Waals surface area contributed by atoms with Crippen LogP contribution >= 0.6 is 0 Å². The largest absolute Gasteiger partial charge is 0.447 e. The number of nitrogens with two attached hydrogens (primary N) is 1. The Morgan fingerprint density at radius 3 is 2.41 bits per heavy atom. The SMILES string of the molecule is Cn1c(=O)cc2c3c(c(NCCCOCCOCCOC(N)=O)ccc31)C(=O)c1ccccc1-2. The summed E-state index contributed by atoms with van der Waals surface area (Å²) in [6.45, 7) is 2.33. The van der Waals surface area contributed by atoms with Gasteiger partial charge in [0.05, 0.1) is 30.9 Å². The Balaban J connectivity index is 1.39. The maximum absolute atomic E-state index is 13.4. The number of benzene rings is 2. The first kappa shape index (κ1) is 23.5. The van der Waals surface area contributed by atoms with Crippen LogP contribution in [0.2, 0.25) is 0 Å². The van der Waals surface area contributed by atoms with Crippen molar-refractivity contribution in [2.75, 3.05) is 44.9 Å². The van der Waals surface area contributed by atoms with Crippen molar-refractivity contribution in [1.29, 1.82) is 0 Å². The first-order valence-corrected chi connectivity index (χ1v) is 11.1. The maximum Gasteiger partial charge on any atom is 0.404 e. The third-order valence-corrected chi connectivity index (χ3v) is 5.73. The van der Waals surface area contributed by atoms with Crippen molar-refractivity contribution in [3.8, 4) is 11.1 Å². The van der Waals surface area contributed by atoms with E-state index in [0.29, 0.717) is 37.5 Å². The van der Waals surface area contributed by atoms with E-state index in [0.717, 1.165) is 34.1 Å². The number of nitrogens with zero attached hydrogens (tertiary/aromatic N) is 1. The average molecular weight is 466 g/mol. The molecule has 1 aliphatic rings. The summed E-state index contributed by atoms with van der Waals surface area (Å²) in [7, 11) is 1.72. The van der Waals surface area contributed by atoms with Gasteiger partial charge in [0.1, 0.15) is 6.61 Å². The van der Waals surface area contributed by atoms with Gasteiger partial charge in [-0.15, -0.1) is 0 Å². The number of aromatic nitrogens is 1. The molecule has 9 nitrogen and oxygen atoms in total. The van der Waals surface area contributed by atoms with Gasteiger partial charge in [0.15, 0.2) is 5.78 Å². The smallest absolute Gasteiger partial charge is 0.404 e. The molecule has 9 heteroatoms.